The number of halogens is 1. The quantitative estimate of drug-likeness (QED) is 0.363. The van der Waals surface area contributed by atoms with E-state index in [4.69, 9.17) is 0 Å². The second kappa shape index (κ2) is 3.02. The van der Waals surface area contributed by atoms with E-state index in [1.807, 2.05) is 6.07 Å². The monoisotopic (exact) mass is 277 g/mol. The summed E-state index contributed by atoms with van der Waals surface area (Å²) in [5.74, 6) is 0. The molecule has 2 heterocycles. The Labute approximate surface area is 78.9 Å². The molecule has 2 aromatic rings. The van der Waals surface area contributed by atoms with Crippen molar-refractivity contribution in [3.8, 4) is 0 Å². The van der Waals surface area contributed by atoms with Gasteiger partial charge in [0.1, 0.15) is 0 Å². The van der Waals surface area contributed by atoms with E-state index < -0.39 is 0 Å². The Balaban J connectivity index is 2.79. The summed E-state index contributed by atoms with van der Waals surface area (Å²) in [5, 5.41) is 2.07. The third-order valence-corrected chi connectivity index (χ3v) is 4.49. The Morgan fingerprint density at radius 1 is 1.45 bits per heavy atom. The van der Waals surface area contributed by atoms with E-state index in [1.165, 1.54) is 8.40 Å². The molecule has 0 fully saturated rings. The van der Waals surface area contributed by atoms with Gasteiger partial charge in [-0.1, -0.05) is 0 Å². The number of hydrogen-bond donors (Lipinski definition) is 0. The predicted molar refractivity (Wildman–Crippen MR) is 42.0 cm³/mol. The van der Waals surface area contributed by atoms with E-state index in [0.717, 1.165) is 5.52 Å². The van der Waals surface area contributed by atoms with Gasteiger partial charge in [0.25, 0.3) is 0 Å². The SMILES string of the molecule is C[I-]c1ncnc2ccsc12. The maximum absolute atomic E-state index is 4.25. The molecule has 0 unspecified atom stereocenters. The van der Waals surface area contributed by atoms with Crippen molar-refractivity contribution < 1.29 is 21.2 Å². The number of rotatable bonds is 1. The van der Waals surface area contributed by atoms with Gasteiger partial charge in [0.2, 0.25) is 0 Å². The number of alkyl halides is 1. The Bertz CT molecular complexity index is 371. The minimum atomic E-state index is 0.0926. The fraction of sp³-hybridized carbons (Fsp3) is 0.143. The molecule has 0 aromatic carbocycles. The Kier molecular flexibility index (Phi) is 2.04. The van der Waals surface area contributed by atoms with E-state index in [2.05, 4.69) is 20.3 Å². The van der Waals surface area contributed by atoms with Gasteiger partial charge >= 0.3 is 79.1 Å². The van der Waals surface area contributed by atoms with Gasteiger partial charge in [-0.15, -0.1) is 0 Å². The first-order chi connectivity index (χ1) is 5.42. The molecule has 2 aromatic heterocycles. The van der Waals surface area contributed by atoms with Gasteiger partial charge in [0.05, 0.1) is 0 Å². The van der Waals surface area contributed by atoms with E-state index in [9.17, 15) is 0 Å². The van der Waals surface area contributed by atoms with E-state index in [-0.39, 0.29) is 21.2 Å². The summed E-state index contributed by atoms with van der Waals surface area (Å²) < 4.78 is 2.55. The summed E-state index contributed by atoms with van der Waals surface area (Å²) in [6.45, 7) is 0. The molecule has 0 atom stereocenters. The normalized spacial score (nSPS) is 11.0. The van der Waals surface area contributed by atoms with Crippen LogP contribution >= 0.6 is 11.3 Å². The van der Waals surface area contributed by atoms with E-state index in [0.29, 0.717) is 0 Å². The summed E-state index contributed by atoms with van der Waals surface area (Å²) in [6.07, 6.45) is 1.66. The summed E-state index contributed by atoms with van der Waals surface area (Å²) >= 11 is 1.83. The zero-order valence-corrected chi connectivity index (χ0v) is 8.89. The molecular weight excluding hydrogens is 271 g/mol. The van der Waals surface area contributed by atoms with Crippen molar-refractivity contribution >= 4 is 21.6 Å². The van der Waals surface area contributed by atoms with E-state index in [1.54, 1.807) is 17.7 Å². The molecule has 0 radical (unpaired) electrons. The molecule has 4 heteroatoms. The molecular formula is C7H6IN2S-. The average molecular weight is 277 g/mol. The molecule has 11 heavy (non-hydrogen) atoms. The summed E-state index contributed by atoms with van der Waals surface area (Å²) in [5.41, 5.74) is 1.10. The Hall–Kier alpha value is -0.230. The fourth-order valence-corrected chi connectivity index (χ4v) is 3.69. The number of hydrogen-bond acceptors (Lipinski definition) is 3. The zero-order chi connectivity index (χ0) is 7.68. The van der Waals surface area contributed by atoms with Crippen LogP contribution in [0, 0.1) is 3.70 Å². The number of thiophene rings is 1. The second-order valence-corrected chi connectivity index (χ2v) is 5.01. The van der Waals surface area contributed by atoms with Crippen molar-refractivity contribution in [3.63, 3.8) is 0 Å². The third-order valence-electron chi connectivity index (χ3n) is 1.38. The van der Waals surface area contributed by atoms with Crippen LogP contribution in [0.5, 0.6) is 0 Å². The average Bonchev–Trinajstić information content (AvgIpc) is 2.50. The molecule has 0 spiro atoms. The van der Waals surface area contributed by atoms with Gasteiger partial charge in [-0.05, 0) is 0 Å². The second-order valence-electron chi connectivity index (χ2n) is 1.99. The van der Waals surface area contributed by atoms with Crippen LogP contribution in [0.15, 0.2) is 17.8 Å². The molecule has 0 N–H and O–H groups in total. The van der Waals surface area contributed by atoms with Gasteiger partial charge in [0, 0.05) is 0 Å². The molecule has 0 amide bonds. The summed E-state index contributed by atoms with van der Waals surface area (Å²) in [7, 11) is 0. The van der Waals surface area contributed by atoms with Crippen LogP contribution in [0.2, 0.25) is 0 Å². The van der Waals surface area contributed by atoms with Crippen LogP contribution in [-0.2, 0) is 0 Å². The van der Waals surface area contributed by atoms with Crippen LogP contribution < -0.4 is 21.2 Å². The zero-order valence-electron chi connectivity index (χ0n) is 5.91. The van der Waals surface area contributed by atoms with Gasteiger partial charge in [-0.3, -0.25) is 0 Å². The van der Waals surface area contributed by atoms with Crippen molar-refractivity contribution in [1.82, 2.24) is 9.97 Å². The van der Waals surface area contributed by atoms with Gasteiger partial charge < -0.3 is 0 Å². The predicted octanol–water partition coefficient (Wildman–Crippen LogP) is -1.42. The molecule has 0 aliphatic carbocycles. The molecule has 0 aliphatic heterocycles. The molecule has 58 valence electrons. The first-order valence-corrected chi connectivity index (χ1v) is 7.21. The van der Waals surface area contributed by atoms with Gasteiger partial charge in [-0.2, -0.15) is 0 Å². The van der Waals surface area contributed by atoms with Crippen molar-refractivity contribution in [2.75, 3.05) is 4.93 Å². The number of aromatic nitrogens is 2. The standard InChI is InChI=1S/C7H6IN2S/c1-8-7-6-5(2-3-11-6)9-4-10-7/h2-4H,1H3/q-1. The first kappa shape index (κ1) is 7.42. The Morgan fingerprint density at radius 3 is 3.18 bits per heavy atom. The molecule has 0 aliphatic rings. The molecule has 2 rings (SSSR count). The van der Waals surface area contributed by atoms with Crippen LogP contribution in [0.25, 0.3) is 10.2 Å². The topological polar surface area (TPSA) is 25.8 Å². The number of fused-ring (bicyclic) bond motifs is 1. The van der Waals surface area contributed by atoms with Crippen LogP contribution in [-0.4, -0.2) is 14.9 Å². The van der Waals surface area contributed by atoms with Crippen LogP contribution in [0.1, 0.15) is 0 Å². The van der Waals surface area contributed by atoms with Crippen molar-refractivity contribution in [1.29, 1.82) is 0 Å². The van der Waals surface area contributed by atoms with Crippen molar-refractivity contribution in [3.05, 3.63) is 21.5 Å². The van der Waals surface area contributed by atoms with Crippen molar-refractivity contribution in [2.45, 2.75) is 0 Å². The molecule has 0 saturated heterocycles. The van der Waals surface area contributed by atoms with Gasteiger partial charge in [0.15, 0.2) is 0 Å². The Morgan fingerprint density at radius 2 is 2.36 bits per heavy atom. The minimum absolute atomic E-state index is 0.0926. The van der Waals surface area contributed by atoms with Gasteiger partial charge in [-0.25, -0.2) is 0 Å². The third kappa shape index (κ3) is 1.24. The van der Waals surface area contributed by atoms with E-state index >= 15 is 0 Å². The fourth-order valence-electron chi connectivity index (χ4n) is 0.894. The first-order valence-electron chi connectivity index (χ1n) is 3.09. The van der Waals surface area contributed by atoms with Crippen molar-refractivity contribution in [2.24, 2.45) is 0 Å². The molecule has 0 saturated carbocycles. The summed E-state index contributed by atoms with van der Waals surface area (Å²) in [6, 6.07) is 2.05. The molecule has 0 bridgehead atoms. The maximum atomic E-state index is 4.25. The molecule has 2 nitrogen and oxygen atoms in total. The van der Waals surface area contributed by atoms with Crippen LogP contribution in [0.3, 0.4) is 0 Å². The summed E-state index contributed by atoms with van der Waals surface area (Å²) in [4.78, 5) is 10.6. The van der Waals surface area contributed by atoms with Crippen LogP contribution in [0.4, 0.5) is 0 Å². The number of nitrogens with zero attached hydrogens (tertiary/aromatic N) is 2.